The van der Waals surface area contributed by atoms with Crippen LogP contribution in [0.15, 0.2) is 0 Å². The normalized spacial score (nSPS) is 23.6. The number of thioether (sulfide) groups is 1. The van der Waals surface area contributed by atoms with E-state index in [1.54, 1.807) is 0 Å². The van der Waals surface area contributed by atoms with Crippen molar-refractivity contribution in [2.24, 2.45) is 5.73 Å². The Hall–Kier alpha value is -0.220. The number of nitrogens with two attached hydrogens (primary N) is 1. The van der Waals surface area contributed by atoms with Gasteiger partial charge < -0.3 is 5.73 Å². The third-order valence-corrected chi connectivity index (χ3v) is 3.84. The molecule has 3 nitrogen and oxygen atoms in total. The van der Waals surface area contributed by atoms with E-state index in [0.717, 1.165) is 18.9 Å². The van der Waals surface area contributed by atoms with E-state index < -0.39 is 0 Å². The molecule has 3 N–H and O–H groups in total. The summed E-state index contributed by atoms with van der Waals surface area (Å²) in [5.41, 5.74) is 5.31. The van der Waals surface area contributed by atoms with Gasteiger partial charge in [0.2, 0.25) is 0 Å². The van der Waals surface area contributed by atoms with Gasteiger partial charge in [-0.1, -0.05) is 0 Å². The van der Waals surface area contributed by atoms with E-state index >= 15 is 0 Å². The van der Waals surface area contributed by atoms with Crippen molar-refractivity contribution in [3.8, 4) is 0 Å². The molecule has 14 heavy (non-hydrogen) atoms. The van der Waals surface area contributed by atoms with Gasteiger partial charge in [0.05, 0.1) is 5.84 Å². The summed E-state index contributed by atoms with van der Waals surface area (Å²) in [6.07, 6.45) is 3.00. The van der Waals surface area contributed by atoms with Crippen LogP contribution in [0.2, 0.25) is 0 Å². The third kappa shape index (κ3) is 4.33. The van der Waals surface area contributed by atoms with Gasteiger partial charge in [-0.15, -0.1) is 0 Å². The van der Waals surface area contributed by atoms with E-state index in [-0.39, 0.29) is 0 Å². The van der Waals surface area contributed by atoms with Gasteiger partial charge in [0, 0.05) is 30.5 Å². The van der Waals surface area contributed by atoms with Crippen molar-refractivity contribution in [2.45, 2.75) is 32.2 Å². The number of hydrogen-bond acceptors (Lipinski definition) is 3. The second-order valence-electron chi connectivity index (χ2n) is 3.94. The molecular formula is C10H21N3S. The molecular weight excluding hydrogens is 194 g/mol. The molecule has 0 radical (unpaired) electrons. The van der Waals surface area contributed by atoms with E-state index in [0.29, 0.717) is 5.84 Å². The topological polar surface area (TPSA) is 53.1 Å². The van der Waals surface area contributed by atoms with Crippen molar-refractivity contribution in [1.29, 1.82) is 5.41 Å². The van der Waals surface area contributed by atoms with Crippen molar-refractivity contribution < 1.29 is 0 Å². The van der Waals surface area contributed by atoms with Crippen LogP contribution in [-0.4, -0.2) is 41.4 Å². The van der Waals surface area contributed by atoms with Crippen LogP contribution in [0, 0.1) is 5.41 Å². The van der Waals surface area contributed by atoms with Gasteiger partial charge in [-0.2, -0.15) is 11.8 Å². The monoisotopic (exact) mass is 215 g/mol. The van der Waals surface area contributed by atoms with Crippen molar-refractivity contribution >= 4 is 17.6 Å². The summed E-state index contributed by atoms with van der Waals surface area (Å²) in [5, 5.41) is 7.12. The Morgan fingerprint density at radius 3 is 3.00 bits per heavy atom. The van der Waals surface area contributed by atoms with E-state index in [9.17, 15) is 0 Å². The lowest BCUT2D eigenvalue weighted by atomic mass is 10.2. The third-order valence-electron chi connectivity index (χ3n) is 2.65. The Kier molecular flexibility index (Phi) is 5.33. The number of amidine groups is 1. The largest absolute Gasteiger partial charge is 0.388 e. The minimum absolute atomic E-state index is 0.326. The van der Waals surface area contributed by atoms with Gasteiger partial charge in [-0.05, 0) is 26.3 Å². The smallest absolute Gasteiger partial charge is 0.0905 e. The first-order valence-electron chi connectivity index (χ1n) is 5.35. The molecule has 1 aliphatic heterocycles. The molecule has 1 fully saturated rings. The lowest BCUT2D eigenvalue weighted by Gasteiger charge is -2.32. The quantitative estimate of drug-likeness (QED) is 0.415. The highest BCUT2D eigenvalue weighted by Gasteiger charge is 2.17. The minimum atomic E-state index is 0.326. The Labute approximate surface area is 90.9 Å². The molecule has 1 unspecified atom stereocenters. The second kappa shape index (κ2) is 6.30. The Morgan fingerprint density at radius 1 is 1.57 bits per heavy atom. The van der Waals surface area contributed by atoms with Crippen molar-refractivity contribution in [2.75, 3.05) is 24.6 Å². The van der Waals surface area contributed by atoms with Gasteiger partial charge in [0.25, 0.3) is 0 Å². The maximum atomic E-state index is 7.12. The first kappa shape index (κ1) is 11.9. The molecule has 0 aliphatic carbocycles. The molecule has 0 bridgehead atoms. The van der Waals surface area contributed by atoms with E-state index in [1.165, 1.54) is 31.0 Å². The maximum Gasteiger partial charge on any atom is 0.0905 e. The summed E-state index contributed by atoms with van der Waals surface area (Å²) in [5.74, 6) is 2.87. The molecule has 1 rings (SSSR count). The minimum Gasteiger partial charge on any atom is -0.388 e. The zero-order chi connectivity index (χ0) is 10.4. The second-order valence-corrected chi connectivity index (χ2v) is 5.09. The number of nitrogens with one attached hydrogen (secondary N) is 1. The van der Waals surface area contributed by atoms with Crippen LogP contribution in [0.3, 0.4) is 0 Å². The first-order chi connectivity index (χ1) is 6.70. The predicted molar refractivity (Wildman–Crippen MR) is 64.1 cm³/mol. The standard InChI is InChI=1S/C10H21N3S/c1-9-8-14-7-6-13(9)5-3-2-4-10(11)12/h9H,2-8H2,1H3,(H3,11,12). The van der Waals surface area contributed by atoms with Crippen LogP contribution in [0.4, 0.5) is 0 Å². The van der Waals surface area contributed by atoms with Gasteiger partial charge in [-0.3, -0.25) is 10.3 Å². The average molecular weight is 215 g/mol. The van der Waals surface area contributed by atoms with Crippen LogP contribution in [0.5, 0.6) is 0 Å². The molecule has 0 aromatic heterocycles. The fourth-order valence-corrected chi connectivity index (χ4v) is 2.81. The summed E-state index contributed by atoms with van der Waals surface area (Å²) in [7, 11) is 0. The molecule has 1 aliphatic rings. The molecule has 0 aromatic rings. The van der Waals surface area contributed by atoms with Crippen LogP contribution in [-0.2, 0) is 0 Å². The number of unbranched alkanes of at least 4 members (excludes halogenated alkanes) is 1. The molecule has 0 spiro atoms. The van der Waals surface area contributed by atoms with Gasteiger partial charge in [-0.25, -0.2) is 0 Å². The van der Waals surface area contributed by atoms with Crippen LogP contribution in [0.25, 0.3) is 0 Å². The maximum absolute atomic E-state index is 7.12. The highest BCUT2D eigenvalue weighted by molar-refractivity contribution is 7.99. The summed E-state index contributed by atoms with van der Waals surface area (Å²) in [6.45, 7) is 4.71. The zero-order valence-corrected chi connectivity index (χ0v) is 9.78. The molecule has 4 heteroatoms. The van der Waals surface area contributed by atoms with Gasteiger partial charge in [0.1, 0.15) is 0 Å². The number of hydrogen-bond donors (Lipinski definition) is 2. The Morgan fingerprint density at radius 2 is 2.36 bits per heavy atom. The van der Waals surface area contributed by atoms with Gasteiger partial charge >= 0.3 is 0 Å². The predicted octanol–water partition coefficient (Wildman–Crippen LogP) is 1.53. The number of rotatable bonds is 5. The number of nitrogens with zero attached hydrogens (tertiary/aromatic N) is 1. The van der Waals surface area contributed by atoms with Crippen molar-refractivity contribution in [3.63, 3.8) is 0 Å². The lowest BCUT2D eigenvalue weighted by molar-refractivity contribution is 0.228. The summed E-state index contributed by atoms with van der Waals surface area (Å²) >= 11 is 2.06. The molecule has 1 saturated heterocycles. The Balaban J connectivity index is 2.07. The fourth-order valence-electron chi connectivity index (χ4n) is 1.72. The van der Waals surface area contributed by atoms with Crippen LogP contribution in [0.1, 0.15) is 26.2 Å². The summed E-state index contributed by atoms with van der Waals surface area (Å²) in [4.78, 5) is 2.55. The summed E-state index contributed by atoms with van der Waals surface area (Å²) < 4.78 is 0. The Bertz CT molecular complexity index is 184. The molecule has 0 aromatic carbocycles. The fraction of sp³-hybridized carbons (Fsp3) is 0.900. The van der Waals surface area contributed by atoms with Crippen molar-refractivity contribution in [3.05, 3.63) is 0 Å². The van der Waals surface area contributed by atoms with E-state index in [2.05, 4.69) is 23.6 Å². The average Bonchev–Trinajstić information content (AvgIpc) is 2.15. The summed E-state index contributed by atoms with van der Waals surface area (Å²) in [6, 6.07) is 0.728. The molecule has 82 valence electrons. The van der Waals surface area contributed by atoms with Crippen molar-refractivity contribution in [1.82, 2.24) is 4.90 Å². The lowest BCUT2D eigenvalue weighted by Crippen LogP contribution is -2.40. The molecule has 0 saturated carbocycles. The first-order valence-corrected chi connectivity index (χ1v) is 6.50. The molecule has 1 atom stereocenters. The van der Waals surface area contributed by atoms with E-state index in [4.69, 9.17) is 11.1 Å². The highest BCUT2D eigenvalue weighted by atomic mass is 32.2. The zero-order valence-electron chi connectivity index (χ0n) is 8.96. The molecule has 0 amide bonds. The SMILES string of the molecule is CC1CSCCN1CCCCC(=N)N. The van der Waals surface area contributed by atoms with Crippen LogP contribution < -0.4 is 5.73 Å². The van der Waals surface area contributed by atoms with Gasteiger partial charge in [0.15, 0.2) is 0 Å². The molecule has 1 heterocycles. The van der Waals surface area contributed by atoms with E-state index in [1.807, 2.05) is 0 Å². The highest BCUT2D eigenvalue weighted by Crippen LogP contribution is 2.16. The van der Waals surface area contributed by atoms with Crippen LogP contribution >= 0.6 is 11.8 Å².